The fourth-order valence-electron chi connectivity index (χ4n) is 3.70. The van der Waals surface area contributed by atoms with Crippen molar-refractivity contribution in [2.45, 2.75) is 13.8 Å². The van der Waals surface area contributed by atoms with E-state index in [1.165, 1.54) is 6.92 Å². The summed E-state index contributed by atoms with van der Waals surface area (Å²) in [4.78, 5) is 18.1. The summed E-state index contributed by atoms with van der Waals surface area (Å²) in [6, 6.07) is 21.3. The molecule has 0 saturated carbocycles. The summed E-state index contributed by atoms with van der Waals surface area (Å²) in [5.74, 6) is 0.179. The molecule has 0 unspecified atom stereocenters. The minimum atomic E-state index is -0.354. The topological polar surface area (TPSA) is 66.2 Å². The van der Waals surface area contributed by atoms with E-state index in [9.17, 15) is 10.1 Å². The van der Waals surface area contributed by atoms with Crippen molar-refractivity contribution in [2.24, 2.45) is 0 Å². The highest BCUT2D eigenvalue weighted by Crippen LogP contribution is 2.35. The van der Waals surface area contributed by atoms with Crippen molar-refractivity contribution in [3.05, 3.63) is 102 Å². The van der Waals surface area contributed by atoms with Crippen molar-refractivity contribution >= 4 is 22.8 Å². The molecule has 0 amide bonds. The molecule has 0 atom stereocenters. The van der Waals surface area contributed by atoms with Gasteiger partial charge in [-0.25, -0.2) is 0 Å². The van der Waals surface area contributed by atoms with Gasteiger partial charge in [0.25, 0.3) is 0 Å². The summed E-state index contributed by atoms with van der Waals surface area (Å²) in [6.45, 7) is 3.90. The molecule has 0 saturated heterocycles. The summed E-state index contributed by atoms with van der Waals surface area (Å²) in [7, 11) is 0. The van der Waals surface area contributed by atoms with Gasteiger partial charge in [0.2, 0.25) is 0 Å². The number of nitrogens with zero attached hydrogens (tertiary/aromatic N) is 3. The number of aromatic nitrogens is 1. The highest BCUT2D eigenvalue weighted by Gasteiger charge is 2.21. The lowest BCUT2D eigenvalue weighted by Gasteiger charge is -2.29. The molecule has 1 aliphatic heterocycles. The van der Waals surface area contributed by atoms with Gasteiger partial charge in [0.1, 0.15) is 5.75 Å². The van der Waals surface area contributed by atoms with Gasteiger partial charge < -0.3 is 9.64 Å². The van der Waals surface area contributed by atoms with Gasteiger partial charge in [-0.1, -0.05) is 30.3 Å². The van der Waals surface area contributed by atoms with Crippen LogP contribution in [0, 0.1) is 18.3 Å². The van der Waals surface area contributed by atoms with Crippen LogP contribution in [0.2, 0.25) is 0 Å². The third-order valence-corrected chi connectivity index (χ3v) is 5.14. The lowest BCUT2D eigenvalue weighted by atomic mass is 9.94. The second-order valence-electron chi connectivity index (χ2n) is 7.25. The van der Waals surface area contributed by atoms with Crippen LogP contribution < -0.4 is 9.64 Å². The number of ether oxygens (including phenoxy) is 1. The summed E-state index contributed by atoms with van der Waals surface area (Å²) < 4.78 is 5.38. The number of carbonyl (C=O) groups excluding carboxylic acids is 1. The Morgan fingerprint density at radius 3 is 2.65 bits per heavy atom. The van der Waals surface area contributed by atoms with E-state index in [4.69, 9.17) is 4.74 Å². The zero-order valence-electron chi connectivity index (χ0n) is 17.4. The Bertz CT molecular complexity index is 1240. The van der Waals surface area contributed by atoms with Crippen LogP contribution in [0.5, 0.6) is 5.75 Å². The molecule has 0 aliphatic carbocycles. The maximum atomic E-state index is 11.5. The predicted octanol–water partition coefficient (Wildman–Crippen LogP) is 5.13. The van der Waals surface area contributed by atoms with Gasteiger partial charge in [-0.05, 0) is 54.5 Å². The third-order valence-electron chi connectivity index (χ3n) is 5.14. The van der Waals surface area contributed by atoms with Crippen LogP contribution in [0.1, 0.15) is 29.3 Å². The van der Waals surface area contributed by atoms with Crippen LogP contribution >= 0.6 is 0 Å². The number of anilines is 1. The average Bonchev–Trinajstić information content (AvgIpc) is 2.80. The SMILES string of the molecule is CC(=O)Oc1cccc(N2C=C(c3ccccn3)C=C(c3ccccc3C#N)C2)c1C. The highest BCUT2D eigenvalue weighted by molar-refractivity contribution is 5.90. The molecule has 2 aromatic carbocycles. The van der Waals surface area contributed by atoms with E-state index in [-0.39, 0.29) is 5.97 Å². The molecule has 31 heavy (non-hydrogen) atoms. The van der Waals surface area contributed by atoms with Crippen molar-refractivity contribution < 1.29 is 9.53 Å². The highest BCUT2D eigenvalue weighted by atomic mass is 16.5. The van der Waals surface area contributed by atoms with Crippen molar-refractivity contribution in [1.82, 2.24) is 4.98 Å². The van der Waals surface area contributed by atoms with Crippen LogP contribution in [0.15, 0.2) is 79.1 Å². The Labute approximate surface area is 181 Å². The first-order valence-electron chi connectivity index (χ1n) is 9.95. The maximum absolute atomic E-state index is 11.5. The normalized spacial score (nSPS) is 13.1. The van der Waals surface area contributed by atoms with Crippen molar-refractivity contribution in [2.75, 3.05) is 11.4 Å². The zero-order valence-corrected chi connectivity index (χ0v) is 17.4. The Kier molecular flexibility index (Phi) is 5.63. The van der Waals surface area contributed by atoms with Gasteiger partial charge >= 0.3 is 5.97 Å². The van der Waals surface area contributed by atoms with Crippen LogP contribution in [-0.2, 0) is 4.79 Å². The zero-order chi connectivity index (χ0) is 21.8. The van der Waals surface area contributed by atoms with Gasteiger partial charge in [0.15, 0.2) is 0 Å². The van der Waals surface area contributed by atoms with Crippen LogP contribution in [0.4, 0.5) is 5.69 Å². The number of allylic oxidation sites excluding steroid dienone is 2. The monoisotopic (exact) mass is 407 g/mol. The summed E-state index contributed by atoms with van der Waals surface area (Å²) in [6.07, 6.45) is 5.89. The molecule has 5 heteroatoms. The quantitative estimate of drug-likeness (QED) is 0.443. The molecule has 1 aliphatic rings. The van der Waals surface area contributed by atoms with Crippen LogP contribution in [-0.4, -0.2) is 17.5 Å². The number of hydrogen-bond acceptors (Lipinski definition) is 5. The van der Waals surface area contributed by atoms with E-state index in [1.54, 1.807) is 12.3 Å². The Morgan fingerprint density at radius 2 is 1.90 bits per heavy atom. The minimum Gasteiger partial charge on any atom is -0.426 e. The van der Waals surface area contributed by atoms with E-state index >= 15 is 0 Å². The molecule has 5 nitrogen and oxygen atoms in total. The summed E-state index contributed by atoms with van der Waals surface area (Å²) >= 11 is 0. The number of hydrogen-bond donors (Lipinski definition) is 0. The first-order chi connectivity index (χ1) is 15.1. The van der Waals surface area contributed by atoms with E-state index in [1.807, 2.05) is 67.7 Å². The third kappa shape index (κ3) is 4.24. The molecule has 3 aromatic rings. The standard InChI is InChI=1S/C26H21N3O2/c1-18-25(11-7-12-26(18)31-19(2)30)29-16-21(23-9-4-3-8-20(23)15-27)14-22(17-29)24-10-5-6-13-28-24/h3-14,17H,16H2,1-2H3. The molecule has 1 aromatic heterocycles. The number of nitriles is 1. The molecule has 0 fully saturated rings. The fraction of sp³-hybridized carbons (Fsp3) is 0.115. The molecule has 152 valence electrons. The minimum absolute atomic E-state index is 0.354. The Balaban J connectivity index is 1.83. The second kappa shape index (κ2) is 8.68. The van der Waals surface area contributed by atoms with Crippen LogP contribution in [0.25, 0.3) is 11.1 Å². The Morgan fingerprint density at radius 1 is 1.10 bits per heavy atom. The molecule has 0 N–H and O–H groups in total. The predicted molar refractivity (Wildman–Crippen MR) is 121 cm³/mol. The fourth-order valence-corrected chi connectivity index (χ4v) is 3.70. The van der Waals surface area contributed by atoms with Crippen molar-refractivity contribution in [3.8, 4) is 11.8 Å². The van der Waals surface area contributed by atoms with E-state index in [0.29, 0.717) is 17.9 Å². The number of pyridine rings is 1. The second-order valence-corrected chi connectivity index (χ2v) is 7.25. The number of benzene rings is 2. The number of esters is 1. The largest absolute Gasteiger partial charge is 0.426 e. The molecular weight excluding hydrogens is 386 g/mol. The number of rotatable bonds is 4. The van der Waals surface area contributed by atoms with Crippen molar-refractivity contribution in [3.63, 3.8) is 0 Å². The first-order valence-corrected chi connectivity index (χ1v) is 9.95. The van der Waals surface area contributed by atoms with Gasteiger partial charge in [0, 0.05) is 42.7 Å². The first kappa shape index (κ1) is 20.1. The van der Waals surface area contributed by atoms with Gasteiger partial charge in [0.05, 0.1) is 17.3 Å². The van der Waals surface area contributed by atoms with E-state index < -0.39 is 0 Å². The molecule has 2 heterocycles. The molecular formula is C26H21N3O2. The summed E-state index contributed by atoms with van der Waals surface area (Å²) in [5, 5.41) is 9.61. The van der Waals surface area contributed by atoms with Crippen LogP contribution in [0.3, 0.4) is 0 Å². The lowest BCUT2D eigenvalue weighted by molar-refractivity contribution is -0.131. The average molecular weight is 407 g/mol. The number of carbonyl (C=O) groups is 1. The molecule has 0 radical (unpaired) electrons. The van der Waals surface area contributed by atoms with Gasteiger partial charge in [-0.2, -0.15) is 5.26 Å². The summed E-state index contributed by atoms with van der Waals surface area (Å²) in [5.41, 5.74) is 6.10. The van der Waals surface area contributed by atoms with E-state index in [0.717, 1.165) is 33.7 Å². The Hall–Kier alpha value is -4.17. The molecule has 4 rings (SSSR count). The molecule has 0 spiro atoms. The molecule has 0 bridgehead atoms. The van der Waals surface area contributed by atoms with Crippen molar-refractivity contribution in [1.29, 1.82) is 5.26 Å². The smallest absolute Gasteiger partial charge is 0.308 e. The van der Waals surface area contributed by atoms with Gasteiger partial charge in [-0.3, -0.25) is 9.78 Å². The van der Waals surface area contributed by atoms with Gasteiger partial charge in [-0.15, -0.1) is 0 Å². The lowest BCUT2D eigenvalue weighted by Crippen LogP contribution is -2.23. The maximum Gasteiger partial charge on any atom is 0.308 e. The van der Waals surface area contributed by atoms with E-state index in [2.05, 4.69) is 22.0 Å².